The lowest BCUT2D eigenvalue weighted by Gasteiger charge is -2.29. The average Bonchev–Trinajstić information content (AvgIpc) is 3.55. The molecule has 1 unspecified atom stereocenters. The first kappa shape index (κ1) is 24.5. The number of rotatable bonds is 7. The van der Waals surface area contributed by atoms with Gasteiger partial charge in [-0.25, -0.2) is 9.18 Å². The first-order valence-electron chi connectivity index (χ1n) is 12.1. The molecule has 2 aliphatic rings. The second-order valence-electron chi connectivity index (χ2n) is 8.85. The second kappa shape index (κ2) is 11.3. The number of urea groups is 1. The molecule has 2 aromatic carbocycles. The molecule has 2 fully saturated rings. The summed E-state index contributed by atoms with van der Waals surface area (Å²) in [6.07, 6.45) is 1.72. The lowest BCUT2D eigenvalue weighted by Crippen LogP contribution is -2.41. The predicted molar refractivity (Wildman–Crippen MR) is 135 cm³/mol. The van der Waals surface area contributed by atoms with Crippen LogP contribution in [0.2, 0.25) is 5.02 Å². The largest absolute Gasteiger partial charge is 0.378 e. The lowest BCUT2D eigenvalue weighted by molar-refractivity contribution is 0.0818. The molecule has 8 nitrogen and oxygen atoms in total. The van der Waals surface area contributed by atoms with Crippen LogP contribution in [-0.4, -0.2) is 61.6 Å². The Morgan fingerprint density at radius 1 is 1.17 bits per heavy atom. The summed E-state index contributed by atoms with van der Waals surface area (Å²) in [5.41, 5.74) is 1.92. The molecule has 0 saturated carbocycles. The lowest BCUT2D eigenvalue weighted by atomic mass is 10.1. The van der Waals surface area contributed by atoms with Gasteiger partial charge in [-0.1, -0.05) is 35.0 Å². The standard InChI is InChI=1S/C26H28ClFN4O4/c27-18-5-3-6-19(15-18)29-26(33)32(16-20-7-4-12-35-20)17-22-24(21-8-1-2-9-23(21)28)30-36-25(22)31-10-13-34-14-11-31/h1-3,5-6,8-9,15,20H,4,7,10-14,16-17H2,(H,29,33). The van der Waals surface area contributed by atoms with Gasteiger partial charge in [0.2, 0.25) is 5.88 Å². The third kappa shape index (κ3) is 5.64. The average molecular weight is 515 g/mol. The van der Waals surface area contributed by atoms with Crippen LogP contribution in [0, 0.1) is 5.82 Å². The van der Waals surface area contributed by atoms with Gasteiger partial charge in [-0.2, -0.15) is 0 Å². The zero-order valence-corrected chi connectivity index (χ0v) is 20.5. The molecule has 0 bridgehead atoms. The van der Waals surface area contributed by atoms with Gasteiger partial charge < -0.3 is 29.1 Å². The number of halogens is 2. The maximum Gasteiger partial charge on any atom is 0.322 e. The normalized spacial score (nSPS) is 17.8. The second-order valence-corrected chi connectivity index (χ2v) is 9.29. The molecule has 36 heavy (non-hydrogen) atoms. The van der Waals surface area contributed by atoms with E-state index in [1.165, 1.54) is 6.07 Å². The molecule has 0 aliphatic carbocycles. The molecule has 2 amide bonds. The van der Waals surface area contributed by atoms with E-state index in [0.29, 0.717) is 72.9 Å². The fourth-order valence-corrected chi connectivity index (χ4v) is 4.73. The van der Waals surface area contributed by atoms with E-state index < -0.39 is 5.82 Å². The summed E-state index contributed by atoms with van der Waals surface area (Å²) >= 11 is 6.11. The quantitative estimate of drug-likeness (QED) is 0.468. The molecule has 190 valence electrons. The summed E-state index contributed by atoms with van der Waals surface area (Å²) in [5, 5.41) is 7.71. The Kier molecular flexibility index (Phi) is 7.69. The van der Waals surface area contributed by atoms with Crippen LogP contribution in [0.3, 0.4) is 0 Å². The molecule has 10 heteroatoms. The van der Waals surface area contributed by atoms with Gasteiger partial charge in [-0.05, 0) is 43.2 Å². The van der Waals surface area contributed by atoms with Crippen LogP contribution in [0.25, 0.3) is 11.3 Å². The number of nitrogens with one attached hydrogen (secondary N) is 1. The smallest absolute Gasteiger partial charge is 0.322 e. The minimum absolute atomic E-state index is 0.0845. The van der Waals surface area contributed by atoms with Crippen LogP contribution in [0.4, 0.5) is 20.8 Å². The molecule has 3 aromatic rings. The molecule has 2 saturated heterocycles. The maximum atomic E-state index is 14.8. The van der Waals surface area contributed by atoms with Gasteiger partial charge in [0, 0.05) is 42.5 Å². The number of anilines is 2. The number of hydrogen-bond donors (Lipinski definition) is 1. The highest BCUT2D eigenvalue weighted by molar-refractivity contribution is 6.30. The van der Waals surface area contributed by atoms with Crippen LogP contribution in [0.1, 0.15) is 18.4 Å². The van der Waals surface area contributed by atoms with E-state index >= 15 is 0 Å². The number of carbonyl (C=O) groups excluding carboxylic acids is 1. The van der Waals surface area contributed by atoms with Crippen LogP contribution < -0.4 is 10.2 Å². The van der Waals surface area contributed by atoms with Crippen molar-refractivity contribution < 1.29 is 23.2 Å². The fraction of sp³-hybridized carbons (Fsp3) is 0.385. The van der Waals surface area contributed by atoms with Gasteiger partial charge in [0.15, 0.2) is 0 Å². The third-order valence-electron chi connectivity index (χ3n) is 6.35. The van der Waals surface area contributed by atoms with Crippen molar-refractivity contribution in [3.8, 4) is 11.3 Å². The van der Waals surface area contributed by atoms with Crippen molar-refractivity contribution >= 4 is 29.2 Å². The van der Waals surface area contributed by atoms with Gasteiger partial charge in [0.25, 0.3) is 0 Å². The number of aromatic nitrogens is 1. The molecule has 0 radical (unpaired) electrons. The zero-order chi connectivity index (χ0) is 24.9. The van der Waals surface area contributed by atoms with E-state index in [1.54, 1.807) is 47.4 Å². The predicted octanol–water partition coefficient (Wildman–Crippen LogP) is 5.18. The van der Waals surface area contributed by atoms with Crippen molar-refractivity contribution in [1.82, 2.24) is 10.1 Å². The van der Waals surface area contributed by atoms with Crippen LogP contribution in [0.5, 0.6) is 0 Å². The van der Waals surface area contributed by atoms with Crippen LogP contribution >= 0.6 is 11.6 Å². The number of morpholine rings is 1. The Bertz CT molecular complexity index is 1190. The summed E-state index contributed by atoms with van der Waals surface area (Å²) in [7, 11) is 0. The van der Waals surface area contributed by atoms with E-state index in [1.807, 2.05) is 4.90 Å². The topological polar surface area (TPSA) is 80.1 Å². The molecular weight excluding hydrogens is 487 g/mol. The number of amides is 2. The molecule has 1 aromatic heterocycles. The van der Waals surface area contributed by atoms with Gasteiger partial charge >= 0.3 is 6.03 Å². The number of ether oxygens (including phenoxy) is 2. The Morgan fingerprint density at radius 2 is 2.00 bits per heavy atom. The molecule has 1 N–H and O–H groups in total. The fourth-order valence-electron chi connectivity index (χ4n) is 4.54. The molecule has 0 spiro atoms. The highest BCUT2D eigenvalue weighted by Crippen LogP contribution is 2.34. The van der Waals surface area contributed by atoms with Crippen molar-refractivity contribution in [2.45, 2.75) is 25.5 Å². The van der Waals surface area contributed by atoms with Gasteiger partial charge in [-0.3, -0.25) is 0 Å². The summed E-state index contributed by atoms with van der Waals surface area (Å²) in [4.78, 5) is 17.2. The van der Waals surface area contributed by atoms with E-state index in [9.17, 15) is 9.18 Å². The number of carbonyl (C=O) groups is 1. The van der Waals surface area contributed by atoms with Crippen LogP contribution in [0.15, 0.2) is 53.1 Å². The van der Waals surface area contributed by atoms with Crippen molar-refractivity contribution in [2.24, 2.45) is 0 Å². The van der Waals surface area contributed by atoms with Gasteiger partial charge in [0.1, 0.15) is 11.5 Å². The summed E-state index contributed by atoms with van der Waals surface area (Å²) < 4.78 is 31.9. The Morgan fingerprint density at radius 3 is 2.75 bits per heavy atom. The summed E-state index contributed by atoms with van der Waals surface area (Å²) in [5.74, 6) is 0.110. The van der Waals surface area contributed by atoms with Crippen molar-refractivity contribution in [2.75, 3.05) is 49.7 Å². The van der Waals surface area contributed by atoms with Crippen LogP contribution in [-0.2, 0) is 16.0 Å². The van der Waals surface area contributed by atoms with E-state index in [0.717, 1.165) is 12.8 Å². The molecule has 1 atom stereocenters. The summed E-state index contributed by atoms with van der Waals surface area (Å²) in [6.45, 7) is 3.51. The molecular formula is C26H28ClFN4O4. The van der Waals surface area contributed by atoms with Crippen molar-refractivity contribution in [3.63, 3.8) is 0 Å². The van der Waals surface area contributed by atoms with E-state index in [4.69, 9.17) is 25.6 Å². The number of nitrogens with zero attached hydrogens (tertiary/aromatic N) is 3. The Hall–Kier alpha value is -3.14. The number of hydrogen-bond acceptors (Lipinski definition) is 6. The van der Waals surface area contributed by atoms with Crippen molar-refractivity contribution in [3.05, 3.63) is 64.9 Å². The first-order valence-corrected chi connectivity index (χ1v) is 12.5. The number of benzene rings is 2. The monoisotopic (exact) mass is 514 g/mol. The zero-order valence-electron chi connectivity index (χ0n) is 19.8. The first-order chi connectivity index (χ1) is 17.6. The molecule has 2 aliphatic heterocycles. The van der Waals surface area contributed by atoms with E-state index in [2.05, 4.69) is 10.5 Å². The molecule has 5 rings (SSSR count). The highest BCUT2D eigenvalue weighted by Gasteiger charge is 2.30. The minimum atomic E-state index is -0.408. The van der Waals surface area contributed by atoms with Crippen molar-refractivity contribution in [1.29, 1.82) is 0 Å². The van der Waals surface area contributed by atoms with Gasteiger partial charge in [-0.15, -0.1) is 0 Å². The third-order valence-corrected chi connectivity index (χ3v) is 6.59. The summed E-state index contributed by atoms with van der Waals surface area (Å²) in [6, 6.07) is 13.1. The highest BCUT2D eigenvalue weighted by atomic mass is 35.5. The molecule has 3 heterocycles. The maximum absolute atomic E-state index is 14.8. The SMILES string of the molecule is O=C(Nc1cccc(Cl)c1)N(Cc1c(-c2ccccc2F)noc1N1CCOCC1)CC1CCCO1. The van der Waals surface area contributed by atoms with Gasteiger partial charge in [0.05, 0.1) is 31.4 Å². The minimum Gasteiger partial charge on any atom is -0.378 e. The van der Waals surface area contributed by atoms with E-state index in [-0.39, 0.29) is 18.7 Å². The Labute approximate surface area is 213 Å². The Balaban J connectivity index is 1.49.